The van der Waals surface area contributed by atoms with Crippen LogP contribution in [0.1, 0.15) is 20.9 Å². The smallest absolute Gasteiger partial charge is 0.289 e. The Hall–Kier alpha value is -4.11. The standard InChI is InChI=1S/C18H12BrN7O6S/c19-11-3-1-10(2-4-11)9-20-22-15(27)8-16-23-24-18(33-16)21-17(28)13-6-5-12(25(29)30)7-14(13)26(31)32/h1-7,9H,8H2,(H,22,27)(H,21,24,28)/b20-9-. The molecular weight excluding hydrogens is 522 g/mol. The molecule has 3 rings (SSSR count). The number of hydrogen-bond acceptors (Lipinski definition) is 10. The molecule has 0 atom stereocenters. The summed E-state index contributed by atoms with van der Waals surface area (Å²) in [6.45, 7) is 0. The Labute approximate surface area is 197 Å². The van der Waals surface area contributed by atoms with Gasteiger partial charge in [0.1, 0.15) is 10.6 Å². The number of non-ortho nitro benzene ring substituents is 1. The summed E-state index contributed by atoms with van der Waals surface area (Å²) in [5, 5.41) is 35.9. The zero-order chi connectivity index (χ0) is 24.0. The number of halogens is 1. The fourth-order valence-corrected chi connectivity index (χ4v) is 3.42. The minimum absolute atomic E-state index is 0.00573. The van der Waals surface area contributed by atoms with E-state index >= 15 is 0 Å². The molecule has 0 bridgehead atoms. The normalized spacial score (nSPS) is 10.7. The molecule has 1 aromatic heterocycles. The van der Waals surface area contributed by atoms with Gasteiger partial charge in [-0.1, -0.05) is 39.4 Å². The number of nitro benzene ring substituents is 2. The molecule has 13 nitrogen and oxygen atoms in total. The van der Waals surface area contributed by atoms with Gasteiger partial charge in [0.2, 0.25) is 11.0 Å². The van der Waals surface area contributed by atoms with Crippen LogP contribution in [0.3, 0.4) is 0 Å². The van der Waals surface area contributed by atoms with Crippen LogP contribution >= 0.6 is 27.3 Å². The third-order valence-corrected chi connectivity index (χ3v) is 5.27. The van der Waals surface area contributed by atoms with Crippen LogP contribution in [0, 0.1) is 20.2 Å². The van der Waals surface area contributed by atoms with E-state index in [1.165, 1.54) is 6.21 Å². The van der Waals surface area contributed by atoms with Gasteiger partial charge in [-0.25, -0.2) is 5.43 Å². The average Bonchev–Trinajstić information content (AvgIpc) is 3.21. The van der Waals surface area contributed by atoms with Crippen LogP contribution in [0.2, 0.25) is 0 Å². The molecule has 0 aliphatic heterocycles. The highest BCUT2D eigenvalue weighted by molar-refractivity contribution is 9.10. The van der Waals surface area contributed by atoms with E-state index in [1.54, 1.807) is 12.1 Å². The zero-order valence-electron chi connectivity index (χ0n) is 16.3. The Balaban J connectivity index is 1.60. The SMILES string of the molecule is O=C(Cc1nnc(NC(=O)c2ccc([N+](=O)[O-])cc2[N+](=O)[O-])s1)N/N=C\c1ccc(Br)cc1. The van der Waals surface area contributed by atoms with Crippen molar-refractivity contribution in [3.05, 3.63) is 83.3 Å². The fourth-order valence-electron chi connectivity index (χ4n) is 2.42. The molecule has 0 aliphatic rings. The number of benzene rings is 2. The van der Waals surface area contributed by atoms with Gasteiger partial charge in [-0.3, -0.25) is 35.1 Å². The van der Waals surface area contributed by atoms with Crippen molar-refractivity contribution in [1.29, 1.82) is 0 Å². The van der Waals surface area contributed by atoms with E-state index in [2.05, 4.69) is 42.0 Å². The van der Waals surface area contributed by atoms with Crippen molar-refractivity contribution < 1.29 is 19.4 Å². The number of anilines is 1. The van der Waals surface area contributed by atoms with Crippen molar-refractivity contribution in [2.24, 2.45) is 5.10 Å². The molecule has 0 fully saturated rings. The van der Waals surface area contributed by atoms with Crippen molar-refractivity contribution in [1.82, 2.24) is 15.6 Å². The molecule has 0 spiro atoms. The summed E-state index contributed by atoms with van der Waals surface area (Å²) in [4.78, 5) is 44.7. The third-order valence-electron chi connectivity index (χ3n) is 3.91. The van der Waals surface area contributed by atoms with E-state index in [0.29, 0.717) is 6.07 Å². The molecule has 2 N–H and O–H groups in total. The summed E-state index contributed by atoms with van der Waals surface area (Å²) in [5.74, 6) is -1.37. The largest absolute Gasteiger partial charge is 0.296 e. The highest BCUT2D eigenvalue weighted by atomic mass is 79.9. The van der Waals surface area contributed by atoms with Crippen LogP contribution in [0.5, 0.6) is 0 Å². The summed E-state index contributed by atoms with van der Waals surface area (Å²) < 4.78 is 0.908. The van der Waals surface area contributed by atoms with Crippen LogP contribution in [0.15, 0.2) is 52.0 Å². The maximum atomic E-state index is 12.4. The lowest BCUT2D eigenvalue weighted by Crippen LogP contribution is -2.19. The number of carbonyl (C=O) groups is 2. The van der Waals surface area contributed by atoms with E-state index in [4.69, 9.17) is 0 Å². The molecule has 0 saturated carbocycles. The minimum Gasteiger partial charge on any atom is -0.296 e. The molecule has 168 valence electrons. The number of nitro groups is 2. The van der Waals surface area contributed by atoms with Gasteiger partial charge < -0.3 is 0 Å². The van der Waals surface area contributed by atoms with Gasteiger partial charge in [-0.2, -0.15) is 5.10 Å². The Morgan fingerprint density at radius 3 is 2.48 bits per heavy atom. The Morgan fingerprint density at radius 2 is 1.82 bits per heavy atom. The average molecular weight is 534 g/mol. The second-order valence-electron chi connectivity index (χ2n) is 6.19. The Bertz CT molecular complexity index is 1260. The molecule has 3 aromatic rings. The van der Waals surface area contributed by atoms with E-state index < -0.39 is 33.0 Å². The molecule has 1 heterocycles. The molecular formula is C18H12BrN7O6S. The maximum absolute atomic E-state index is 12.4. The number of hydrazone groups is 1. The Morgan fingerprint density at radius 1 is 1.09 bits per heavy atom. The first-order chi connectivity index (χ1) is 15.7. The van der Waals surface area contributed by atoms with E-state index in [-0.39, 0.29) is 22.1 Å². The number of carbonyl (C=O) groups excluding carboxylic acids is 2. The lowest BCUT2D eigenvalue weighted by molar-refractivity contribution is -0.394. The van der Waals surface area contributed by atoms with Crippen molar-refractivity contribution in [3.8, 4) is 0 Å². The predicted octanol–water partition coefficient (Wildman–Crippen LogP) is 3.06. The molecule has 0 saturated heterocycles. The number of nitrogens with one attached hydrogen (secondary N) is 2. The van der Waals surface area contributed by atoms with Gasteiger partial charge in [0.25, 0.3) is 17.3 Å². The fraction of sp³-hybridized carbons (Fsp3) is 0.0556. The number of aromatic nitrogens is 2. The minimum atomic E-state index is -0.900. The van der Waals surface area contributed by atoms with Gasteiger partial charge in [-0.05, 0) is 23.8 Å². The summed E-state index contributed by atoms with van der Waals surface area (Å²) in [5.41, 5.74) is 1.49. The highest BCUT2D eigenvalue weighted by Gasteiger charge is 2.25. The molecule has 15 heteroatoms. The van der Waals surface area contributed by atoms with Gasteiger partial charge in [0.15, 0.2) is 0 Å². The molecule has 0 unspecified atom stereocenters. The first-order valence-corrected chi connectivity index (χ1v) is 10.5. The molecule has 2 amide bonds. The predicted molar refractivity (Wildman–Crippen MR) is 121 cm³/mol. The lowest BCUT2D eigenvalue weighted by Gasteiger charge is -2.02. The number of hydrogen-bond donors (Lipinski definition) is 2. The van der Waals surface area contributed by atoms with Crippen LogP contribution < -0.4 is 10.7 Å². The van der Waals surface area contributed by atoms with Crippen molar-refractivity contribution >= 4 is 61.8 Å². The first-order valence-electron chi connectivity index (χ1n) is 8.87. The van der Waals surface area contributed by atoms with E-state index in [0.717, 1.165) is 33.5 Å². The van der Waals surface area contributed by atoms with Gasteiger partial charge >= 0.3 is 0 Å². The van der Waals surface area contributed by atoms with Crippen LogP contribution in [-0.2, 0) is 11.2 Å². The quantitative estimate of drug-likeness (QED) is 0.251. The Kier molecular flexibility index (Phi) is 7.47. The van der Waals surface area contributed by atoms with Crippen LogP contribution in [0.4, 0.5) is 16.5 Å². The van der Waals surface area contributed by atoms with Gasteiger partial charge in [0, 0.05) is 10.5 Å². The van der Waals surface area contributed by atoms with Crippen molar-refractivity contribution in [2.45, 2.75) is 6.42 Å². The monoisotopic (exact) mass is 533 g/mol. The lowest BCUT2D eigenvalue weighted by atomic mass is 10.1. The molecule has 33 heavy (non-hydrogen) atoms. The first kappa shape index (κ1) is 23.6. The molecule has 0 radical (unpaired) electrons. The van der Waals surface area contributed by atoms with E-state index in [1.807, 2.05) is 12.1 Å². The van der Waals surface area contributed by atoms with E-state index in [9.17, 15) is 29.8 Å². The second-order valence-corrected chi connectivity index (χ2v) is 8.17. The molecule has 0 aliphatic carbocycles. The number of rotatable bonds is 8. The maximum Gasteiger partial charge on any atom is 0.289 e. The van der Waals surface area contributed by atoms with Crippen LogP contribution in [-0.4, -0.2) is 38.1 Å². The summed E-state index contributed by atoms with van der Waals surface area (Å²) in [7, 11) is 0. The second kappa shape index (κ2) is 10.5. The third kappa shape index (κ3) is 6.44. The molecule has 2 aromatic carbocycles. The van der Waals surface area contributed by atoms with Crippen LogP contribution in [0.25, 0.3) is 0 Å². The zero-order valence-corrected chi connectivity index (χ0v) is 18.7. The number of amides is 2. The summed E-state index contributed by atoms with van der Waals surface area (Å²) in [6, 6.07) is 9.90. The van der Waals surface area contributed by atoms with Crippen molar-refractivity contribution in [3.63, 3.8) is 0 Å². The number of nitrogens with zero attached hydrogens (tertiary/aromatic N) is 5. The summed E-state index contributed by atoms with van der Waals surface area (Å²) in [6.07, 6.45) is 1.30. The highest BCUT2D eigenvalue weighted by Crippen LogP contribution is 2.26. The van der Waals surface area contributed by atoms with Gasteiger partial charge in [-0.15, -0.1) is 10.2 Å². The van der Waals surface area contributed by atoms with Gasteiger partial charge in [0.05, 0.1) is 28.5 Å². The summed E-state index contributed by atoms with van der Waals surface area (Å²) >= 11 is 4.20. The topological polar surface area (TPSA) is 183 Å². The van der Waals surface area contributed by atoms with Crippen molar-refractivity contribution in [2.75, 3.05) is 5.32 Å².